The van der Waals surface area contributed by atoms with Crippen LogP contribution in [0.25, 0.3) is 5.57 Å². The minimum Gasteiger partial charge on any atom is -0.396 e. The molecule has 1 N–H and O–H groups in total. The molecule has 2 aromatic rings. The molecule has 32 heavy (non-hydrogen) atoms. The Morgan fingerprint density at radius 2 is 1.78 bits per heavy atom. The van der Waals surface area contributed by atoms with E-state index >= 15 is 0 Å². The van der Waals surface area contributed by atoms with Crippen LogP contribution in [0.15, 0.2) is 48.2 Å². The van der Waals surface area contributed by atoms with Crippen molar-refractivity contribution in [1.29, 1.82) is 0 Å². The number of rotatable bonds is 6. The summed E-state index contributed by atoms with van der Waals surface area (Å²) in [5.41, 5.74) is 4.68. The number of piperidine rings is 1. The highest BCUT2D eigenvalue weighted by molar-refractivity contribution is 6.35. The number of carbonyl (C=O) groups is 2. The van der Waals surface area contributed by atoms with Crippen molar-refractivity contribution in [2.45, 2.75) is 33.1 Å². The molecule has 0 aromatic heterocycles. The largest absolute Gasteiger partial charge is 0.396 e. The van der Waals surface area contributed by atoms with Crippen molar-refractivity contribution in [3.63, 3.8) is 0 Å². The normalized spacial score (nSPS) is 19.3. The van der Waals surface area contributed by atoms with Gasteiger partial charge in [-0.3, -0.25) is 14.5 Å². The summed E-state index contributed by atoms with van der Waals surface area (Å²) < 4.78 is 13.2. The van der Waals surface area contributed by atoms with Gasteiger partial charge in [0, 0.05) is 26.2 Å². The third kappa shape index (κ3) is 4.32. The van der Waals surface area contributed by atoms with E-state index in [0.29, 0.717) is 30.8 Å². The maximum atomic E-state index is 13.5. The first-order valence-corrected chi connectivity index (χ1v) is 11.2. The van der Waals surface area contributed by atoms with Gasteiger partial charge in [0.15, 0.2) is 0 Å². The Morgan fingerprint density at radius 3 is 2.47 bits per heavy atom. The summed E-state index contributed by atoms with van der Waals surface area (Å²) in [6.45, 7) is 5.56. The first-order valence-electron chi connectivity index (χ1n) is 11.2. The predicted molar refractivity (Wildman–Crippen MR) is 121 cm³/mol. The third-order valence-electron chi connectivity index (χ3n) is 6.57. The Kier molecular flexibility index (Phi) is 6.42. The number of likely N-dealkylation sites (tertiary alicyclic amines) is 1. The summed E-state index contributed by atoms with van der Waals surface area (Å²) in [5, 5.41) is 9.67. The number of aliphatic hydroxyl groups excluding tert-OH is 1. The number of nitrogens with zero attached hydrogens (tertiary/aromatic N) is 2. The van der Waals surface area contributed by atoms with Crippen LogP contribution in [-0.4, -0.2) is 53.0 Å². The van der Waals surface area contributed by atoms with Crippen molar-refractivity contribution < 1.29 is 19.1 Å². The molecule has 168 valence electrons. The minimum atomic E-state index is -0.313. The lowest BCUT2D eigenvalue weighted by molar-refractivity contribution is -0.137. The molecule has 1 atom stereocenters. The number of benzene rings is 2. The Bertz CT molecular complexity index is 1060. The molecule has 0 radical (unpaired) electrons. The van der Waals surface area contributed by atoms with Gasteiger partial charge in [-0.05, 0) is 73.4 Å². The lowest BCUT2D eigenvalue weighted by Crippen LogP contribution is -2.41. The standard InChI is InChI=1S/C26H29FN2O3/c1-17-5-8-21(14-18(17)2)23-24(28-12-3-4-20(15-28)16-30)26(32)29(25(23)31)13-11-19-6-9-22(27)10-7-19/h5-10,14,20,30H,3-4,11-13,15-16H2,1-2H3. The summed E-state index contributed by atoms with van der Waals surface area (Å²) in [4.78, 5) is 30.3. The zero-order chi connectivity index (χ0) is 22.8. The molecule has 2 aliphatic rings. The highest BCUT2D eigenvalue weighted by Crippen LogP contribution is 2.34. The molecule has 2 aliphatic heterocycles. The van der Waals surface area contributed by atoms with Crippen LogP contribution in [0.2, 0.25) is 0 Å². The fourth-order valence-corrected chi connectivity index (χ4v) is 4.53. The molecule has 0 aliphatic carbocycles. The average molecular weight is 437 g/mol. The van der Waals surface area contributed by atoms with Gasteiger partial charge in [0.05, 0.1) is 5.57 Å². The molecule has 2 aromatic carbocycles. The monoisotopic (exact) mass is 436 g/mol. The Labute approximate surface area is 188 Å². The number of carbonyl (C=O) groups excluding carboxylic acids is 2. The molecule has 2 amide bonds. The van der Waals surface area contributed by atoms with E-state index in [1.807, 2.05) is 36.9 Å². The lowest BCUT2D eigenvalue weighted by atomic mass is 9.96. The average Bonchev–Trinajstić information content (AvgIpc) is 3.05. The van der Waals surface area contributed by atoms with E-state index < -0.39 is 0 Å². The highest BCUT2D eigenvalue weighted by Gasteiger charge is 2.42. The van der Waals surface area contributed by atoms with Gasteiger partial charge in [-0.1, -0.05) is 30.3 Å². The van der Waals surface area contributed by atoms with Crippen LogP contribution in [0, 0.1) is 25.6 Å². The van der Waals surface area contributed by atoms with Crippen LogP contribution in [0.5, 0.6) is 0 Å². The summed E-state index contributed by atoms with van der Waals surface area (Å²) in [6.07, 6.45) is 2.24. The Balaban J connectivity index is 1.67. The molecule has 1 unspecified atom stereocenters. The number of halogens is 1. The molecule has 6 heteroatoms. The second-order valence-electron chi connectivity index (χ2n) is 8.80. The molecule has 4 rings (SSSR count). The van der Waals surface area contributed by atoms with E-state index in [1.54, 1.807) is 12.1 Å². The van der Waals surface area contributed by atoms with Crippen LogP contribution in [0.1, 0.15) is 35.1 Å². The van der Waals surface area contributed by atoms with Gasteiger partial charge >= 0.3 is 0 Å². The first kappa shape index (κ1) is 22.2. The fraction of sp³-hybridized carbons (Fsp3) is 0.385. The van der Waals surface area contributed by atoms with Crippen LogP contribution in [-0.2, 0) is 16.0 Å². The SMILES string of the molecule is Cc1ccc(C2=C(N3CCCC(CO)C3)C(=O)N(CCc3ccc(F)cc3)C2=O)cc1C. The van der Waals surface area contributed by atoms with Gasteiger partial charge < -0.3 is 10.0 Å². The van der Waals surface area contributed by atoms with Crippen molar-refractivity contribution in [1.82, 2.24) is 9.80 Å². The van der Waals surface area contributed by atoms with Gasteiger partial charge in [-0.15, -0.1) is 0 Å². The maximum absolute atomic E-state index is 13.5. The third-order valence-corrected chi connectivity index (χ3v) is 6.57. The van der Waals surface area contributed by atoms with Crippen LogP contribution in [0.3, 0.4) is 0 Å². The summed E-state index contributed by atoms with van der Waals surface area (Å²) in [5.74, 6) is -0.801. The van der Waals surface area contributed by atoms with E-state index in [0.717, 1.165) is 35.1 Å². The summed E-state index contributed by atoms with van der Waals surface area (Å²) in [6, 6.07) is 12.0. The molecule has 1 saturated heterocycles. The quantitative estimate of drug-likeness (QED) is 0.705. The fourth-order valence-electron chi connectivity index (χ4n) is 4.53. The topological polar surface area (TPSA) is 60.9 Å². The highest BCUT2D eigenvalue weighted by atomic mass is 19.1. The van der Waals surface area contributed by atoms with Gasteiger partial charge in [-0.25, -0.2) is 4.39 Å². The summed E-state index contributed by atoms with van der Waals surface area (Å²) >= 11 is 0. The number of aliphatic hydroxyl groups is 1. The second-order valence-corrected chi connectivity index (χ2v) is 8.80. The molecule has 5 nitrogen and oxygen atoms in total. The van der Waals surface area contributed by atoms with Crippen molar-refractivity contribution in [3.8, 4) is 0 Å². The second kappa shape index (κ2) is 9.25. The van der Waals surface area contributed by atoms with Gasteiger partial charge in [-0.2, -0.15) is 0 Å². The molecule has 0 spiro atoms. The van der Waals surface area contributed by atoms with Crippen LogP contribution < -0.4 is 0 Å². The first-order chi connectivity index (χ1) is 15.4. The summed E-state index contributed by atoms with van der Waals surface area (Å²) in [7, 11) is 0. The zero-order valence-electron chi connectivity index (χ0n) is 18.6. The Morgan fingerprint density at radius 1 is 1.03 bits per heavy atom. The smallest absolute Gasteiger partial charge is 0.277 e. The van der Waals surface area contributed by atoms with Gasteiger partial charge in [0.25, 0.3) is 11.8 Å². The number of aryl methyl sites for hydroxylation is 2. The maximum Gasteiger partial charge on any atom is 0.277 e. The Hall–Kier alpha value is -2.99. The van der Waals surface area contributed by atoms with E-state index in [-0.39, 0.29) is 36.7 Å². The van der Waals surface area contributed by atoms with Crippen molar-refractivity contribution >= 4 is 17.4 Å². The van der Waals surface area contributed by atoms with Crippen molar-refractivity contribution in [2.24, 2.45) is 5.92 Å². The van der Waals surface area contributed by atoms with Crippen molar-refractivity contribution in [3.05, 3.63) is 76.2 Å². The molecule has 0 saturated carbocycles. The molecule has 0 bridgehead atoms. The van der Waals surface area contributed by atoms with E-state index in [4.69, 9.17) is 0 Å². The number of imide groups is 1. The molecular formula is C26H29FN2O3. The van der Waals surface area contributed by atoms with Gasteiger partial charge in [0.2, 0.25) is 0 Å². The van der Waals surface area contributed by atoms with E-state index in [2.05, 4.69) is 0 Å². The van der Waals surface area contributed by atoms with E-state index in [9.17, 15) is 19.1 Å². The number of hydrogen-bond donors (Lipinski definition) is 1. The van der Waals surface area contributed by atoms with Gasteiger partial charge in [0.1, 0.15) is 11.5 Å². The number of amides is 2. The minimum absolute atomic E-state index is 0.0686. The molecule has 1 fully saturated rings. The zero-order valence-corrected chi connectivity index (χ0v) is 18.6. The molecular weight excluding hydrogens is 407 g/mol. The number of hydrogen-bond acceptors (Lipinski definition) is 4. The van der Waals surface area contributed by atoms with Crippen LogP contribution >= 0.6 is 0 Å². The van der Waals surface area contributed by atoms with Crippen LogP contribution in [0.4, 0.5) is 4.39 Å². The van der Waals surface area contributed by atoms with Crippen molar-refractivity contribution in [2.75, 3.05) is 26.2 Å². The molecule has 2 heterocycles. The van der Waals surface area contributed by atoms with E-state index in [1.165, 1.54) is 17.0 Å². The lowest BCUT2D eigenvalue weighted by Gasteiger charge is -2.34. The predicted octanol–water partition coefficient (Wildman–Crippen LogP) is 3.47.